The second-order valence-electron chi connectivity index (χ2n) is 9.56. The van der Waals surface area contributed by atoms with Gasteiger partial charge in [0.25, 0.3) is 0 Å². The average molecular weight is 474 g/mol. The Labute approximate surface area is 197 Å². The Morgan fingerprint density at radius 2 is 1.88 bits per heavy atom. The highest BCUT2D eigenvalue weighted by atomic mass is 32.2. The zero-order valence-corrected chi connectivity index (χ0v) is 20.5. The lowest BCUT2D eigenvalue weighted by molar-refractivity contribution is -0.137. The van der Waals surface area contributed by atoms with E-state index in [1.54, 1.807) is 10.8 Å². The van der Waals surface area contributed by atoms with E-state index < -0.39 is 9.84 Å². The number of carbonyl (C=O) groups excluding carboxylic acids is 1. The van der Waals surface area contributed by atoms with Crippen LogP contribution in [0.3, 0.4) is 0 Å². The molecule has 1 saturated heterocycles. The maximum atomic E-state index is 13.4. The molecule has 8 heteroatoms. The van der Waals surface area contributed by atoms with Gasteiger partial charge in [0.05, 0.1) is 36.8 Å². The molecule has 0 radical (unpaired) electrons. The first-order valence-corrected chi connectivity index (χ1v) is 13.7. The van der Waals surface area contributed by atoms with Gasteiger partial charge >= 0.3 is 0 Å². The molecule has 33 heavy (non-hydrogen) atoms. The summed E-state index contributed by atoms with van der Waals surface area (Å²) < 4.78 is 34.3. The van der Waals surface area contributed by atoms with E-state index in [-0.39, 0.29) is 34.9 Å². The van der Waals surface area contributed by atoms with Gasteiger partial charge in [0.1, 0.15) is 0 Å². The lowest BCUT2D eigenvalue weighted by Gasteiger charge is -2.30. The number of hydrogen-bond acceptors (Lipinski definition) is 5. The van der Waals surface area contributed by atoms with Crippen LogP contribution >= 0.6 is 0 Å². The van der Waals surface area contributed by atoms with Gasteiger partial charge in [-0.2, -0.15) is 0 Å². The van der Waals surface area contributed by atoms with Crippen molar-refractivity contribution < 1.29 is 17.9 Å². The molecule has 2 aromatic rings. The molecule has 2 aliphatic rings. The quantitative estimate of drug-likeness (QED) is 0.551. The van der Waals surface area contributed by atoms with Gasteiger partial charge in [-0.3, -0.25) is 4.79 Å². The Balaban J connectivity index is 1.64. The minimum Gasteiger partial charge on any atom is -0.376 e. The van der Waals surface area contributed by atoms with Gasteiger partial charge < -0.3 is 14.2 Å². The van der Waals surface area contributed by atoms with Crippen LogP contribution in [0.1, 0.15) is 63.6 Å². The van der Waals surface area contributed by atoms with Crippen LogP contribution < -0.4 is 0 Å². The molecule has 1 aromatic carbocycles. The molecule has 1 aromatic heterocycles. The summed E-state index contributed by atoms with van der Waals surface area (Å²) in [7, 11) is -3.66. The predicted molar refractivity (Wildman–Crippen MR) is 126 cm³/mol. The van der Waals surface area contributed by atoms with E-state index in [1.165, 1.54) is 0 Å². The maximum absolute atomic E-state index is 13.4. The minimum absolute atomic E-state index is 0.0218. The average Bonchev–Trinajstić information content (AvgIpc) is 3.55. The highest BCUT2D eigenvalue weighted by molar-refractivity contribution is 7.90. The number of aromatic nitrogens is 2. The summed E-state index contributed by atoms with van der Waals surface area (Å²) in [6.07, 6.45) is 7.53. The Kier molecular flexibility index (Phi) is 7.54. The molecule has 2 fully saturated rings. The van der Waals surface area contributed by atoms with E-state index in [4.69, 9.17) is 4.74 Å². The van der Waals surface area contributed by atoms with Crippen molar-refractivity contribution in [2.24, 2.45) is 5.92 Å². The monoisotopic (exact) mass is 473 g/mol. The van der Waals surface area contributed by atoms with Gasteiger partial charge in [-0.15, -0.1) is 0 Å². The standard InChI is InChI=1S/C25H35N3O4S/c1-19(2)27(24(29)21-11-6-7-12-21)16-22-15-26-25(28(22)17-23-13-8-14-32-23)33(30,31)18-20-9-4-3-5-10-20/h3-5,9-10,15,19,21,23H,6-8,11-14,16-18H2,1-2H3/t23-/m0/s1. The summed E-state index contributed by atoms with van der Waals surface area (Å²) in [5.74, 6) is 0.134. The summed E-state index contributed by atoms with van der Waals surface area (Å²) in [5.41, 5.74) is 1.48. The van der Waals surface area contributed by atoms with Crippen LogP contribution in [0.5, 0.6) is 0 Å². The number of hydrogen-bond donors (Lipinski definition) is 0. The van der Waals surface area contributed by atoms with E-state index in [0.29, 0.717) is 19.7 Å². The lowest BCUT2D eigenvalue weighted by Crippen LogP contribution is -2.40. The Morgan fingerprint density at radius 1 is 1.15 bits per heavy atom. The number of benzene rings is 1. The van der Waals surface area contributed by atoms with Crippen molar-refractivity contribution in [3.63, 3.8) is 0 Å². The van der Waals surface area contributed by atoms with Crippen LogP contribution in [0.15, 0.2) is 41.7 Å². The Bertz CT molecular complexity index is 1040. The zero-order chi connectivity index (χ0) is 23.4. The molecular formula is C25H35N3O4S. The topological polar surface area (TPSA) is 81.5 Å². The molecule has 1 amide bonds. The molecule has 2 heterocycles. The van der Waals surface area contributed by atoms with Crippen LogP contribution in [0.25, 0.3) is 0 Å². The van der Waals surface area contributed by atoms with Gasteiger partial charge in [0.2, 0.25) is 20.9 Å². The van der Waals surface area contributed by atoms with Gasteiger partial charge in [0, 0.05) is 18.6 Å². The van der Waals surface area contributed by atoms with Crippen molar-refractivity contribution >= 4 is 15.7 Å². The van der Waals surface area contributed by atoms with Gasteiger partial charge in [0.15, 0.2) is 0 Å². The van der Waals surface area contributed by atoms with E-state index >= 15 is 0 Å². The molecule has 1 saturated carbocycles. The van der Waals surface area contributed by atoms with Crippen LogP contribution in [0.4, 0.5) is 0 Å². The second kappa shape index (κ2) is 10.4. The SMILES string of the molecule is CC(C)N(Cc1cnc(S(=O)(=O)Cc2ccccc2)n1C[C@@H]1CCCO1)C(=O)C1CCCC1. The van der Waals surface area contributed by atoms with Crippen molar-refractivity contribution in [2.45, 2.75) is 88.5 Å². The molecule has 1 aliphatic heterocycles. The third-order valence-corrected chi connectivity index (χ3v) is 8.33. The van der Waals surface area contributed by atoms with Crippen molar-refractivity contribution in [3.8, 4) is 0 Å². The number of amides is 1. The van der Waals surface area contributed by atoms with E-state index in [0.717, 1.165) is 49.8 Å². The molecule has 0 bridgehead atoms. The number of imidazole rings is 1. The van der Waals surface area contributed by atoms with E-state index in [2.05, 4.69) is 4.98 Å². The highest BCUT2D eigenvalue weighted by Gasteiger charge is 2.32. The summed E-state index contributed by atoms with van der Waals surface area (Å²) in [5, 5.41) is 0.0638. The fraction of sp³-hybridized carbons (Fsp3) is 0.600. The molecule has 0 N–H and O–H groups in total. The first-order valence-electron chi connectivity index (χ1n) is 12.1. The Hall–Kier alpha value is -2.19. The molecule has 180 valence electrons. The van der Waals surface area contributed by atoms with Gasteiger partial charge in [-0.05, 0) is 45.1 Å². The fourth-order valence-electron chi connectivity index (χ4n) is 4.91. The fourth-order valence-corrected chi connectivity index (χ4v) is 6.41. The summed E-state index contributed by atoms with van der Waals surface area (Å²) >= 11 is 0. The number of nitrogens with zero attached hydrogens (tertiary/aromatic N) is 3. The van der Waals surface area contributed by atoms with E-state index in [1.807, 2.05) is 49.1 Å². The third-order valence-electron chi connectivity index (χ3n) is 6.73. The smallest absolute Gasteiger partial charge is 0.228 e. The normalized spacial score (nSPS) is 19.4. The van der Waals surface area contributed by atoms with Crippen molar-refractivity contribution in [1.29, 1.82) is 0 Å². The first-order chi connectivity index (χ1) is 15.8. The van der Waals surface area contributed by atoms with E-state index in [9.17, 15) is 13.2 Å². The molecule has 1 aliphatic carbocycles. The van der Waals surface area contributed by atoms with Crippen molar-refractivity contribution in [3.05, 3.63) is 47.8 Å². The van der Waals surface area contributed by atoms with Gasteiger partial charge in [-0.25, -0.2) is 13.4 Å². The largest absolute Gasteiger partial charge is 0.376 e. The molecular weight excluding hydrogens is 438 g/mol. The molecule has 7 nitrogen and oxygen atoms in total. The molecule has 1 atom stereocenters. The highest BCUT2D eigenvalue weighted by Crippen LogP contribution is 2.29. The minimum atomic E-state index is -3.66. The number of sulfone groups is 1. The van der Waals surface area contributed by atoms with Crippen molar-refractivity contribution in [1.82, 2.24) is 14.5 Å². The van der Waals surface area contributed by atoms with Crippen LogP contribution in [-0.4, -0.2) is 47.5 Å². The van der Waals surface area contributed by atoms with Crippen molar-refractivity contribution in [2.75, 3.05) is 6.61 Å². The zero-order valence-electron chi connectivity index (χ0n) is 19.7. The number of carbonyl (C=O) groups is 1. The summed E-state index contributed by atoms with van der Waals surface area (Å²) in [6, 6.07) is 9.19. The lowest BCUT2D eigenvalue weighted by atomic mass is 10.1. The van der Waals surface area contributed by atoms with Gasteiger partial charge in [-0.1, -0.05) is 43.2 Å². The molecule has 4 rings (SSSR count). The number of ether oxygens (including phenoxy) is 1. The van der Waals surface area contributed by atoms with Crippen LogP contribution in [0, 0.1) is 5.92 Å². The first kappa shape index (κ1) is 24.0. The van der Waals surface area contributed by atoms with Crippen LogP contribution in [0.2, 0.25) is 0 Å². The van der Waals surface area contributed by atoms with Crippen LogP contribution in [-0.2, 0) is 38.2 Å². The predicted octanol–water partition coefficient (Wildman–Crippen LogP) is 3.96. The molecule has 0 unspecified atom stereocenters. The third kappa shape index (κ3) is 5.66. The molecule has 0 spiro atoms. The summed E-state index contributed by atoms with van der Waals surface area (Å²) in [6.45, 7) is 5.51. The second-order valence-corrected chi connectivity index (χ2v) is 11.4. The Morgan fingerprint density at radius 3 is 2.52 bits per heavy atom. The maximum Gasteiger partial charge on any atom is 0.228 e. The summed E-state index contributed by atoms with van der Waals surface area (Å²) in [4.78, 5) is 19.5. The number of rotatable bonds is 9.